The van der Waals surface area contributed by atoms with Crippen LogP contribution in [0.4, 0.5) is 17.1 Å². The predicted molar refractivity (Wildman–Crippen MR) is 280 cm³/mol. The largest absolute Gasteiger partial charge is 0.456 e. The van der Waals surface area contributed by atoms with Gasteiger partial charge in [-0.1, -0.05) is 201 Å². The fourth-order valence-electron chi connectivity index (χ4n) is 11.9. The summed E-state index contributed by atoms with van der Waals surface area (Å²) in [6.45, 7) is 0. The Kier molecular flexibility index (Phi) is 9.53. The van der Waals surface area contributed by atoms with E-state index in [1.165, 1.54) is 92.9 Å². The first-order valence-electron chi connectivity index (χ1n) is 24.0. The molecule has 11 aromatic rings. The smallest absolute Gasteiger partial charge is 0.135 e. The quantitative estimate of drug-likeness (QED) is 0.151. The molecule has 0 aliphatic heterocycles. The third-order valence-electron chi connectivity index (χ3n) is 14.9. The highest BCUT2D eigenvalue weighted by Crippen LogP contribution is 2.60. The van der Waals surface area contributed by atoms with E-state index in [0.29, 0.717) is 5.92 Å². The molecule has 1 fully saturated rings. The topological polar surface area (TPSA) is 16.4 Å². The minimum Gasteiger partial charge on any atom is -0.456 e. The number of anilines is 3. The highest BCUT2D eigenvalue weighted by atomic mass is 16.3. The number of rotatable bonds is 8. The molecule has 320 valence electrons. The Labute approximate surface area is 392 Å². The van der Waals surface area contributed by atoms with Crippen molar-refractivity contribution in [1.82, 2.24) is 0 Å². The van der Waals surface area contributed by atoms with Crippen LogP contribution in [-0.2, 0) is 5.41 Å². The van der Waals surface area contributed by atoms with Gasteiger partial charge in [-0.15, -0.1) is 0 Å². The van der Waals surface area contributed by atoms with Gasteiger partial charge in [-0.05, 0) is 134 Å². The number of benzene rings is 10. The van der Waals surface area contributed by atoms with E-state index in [1.807, 2.05) is 12.1 Å². The third kappa shape index (κ3) is 6.38. The van der Waals surface area contributed by atoms with Crippen molar-refractivity contribution in [2.45, 2.75) is 43.4 Å². The molecule has 2 nitrogen and oxygen atoms in total. The van der Waals surface area contributed by atoms with Gasteiger partial charge in [-0.3, -0.25) is 0 Å². The van der Waals surface area contributed by atoms with Crippen molar-refractivity contribution in [3.63, 3.8) is 0 Å². The first-order valence-corrected chi connectivity index (χ1v) is 24.0. The van der Waals surface area contributed by atoms with Gasteiger partial charge in [0.2, 0.25) is 0 Å². The van der Waals surface area contributed by atoms with Crippen LogP contribution in [-0.4, -0.2) is 0 Å². The van der Waals surface area contributed by atoms with Gasteiger partial charge in [-0.25, -0.2) is 0 Å². The Morgan fingerprint density at radius 3 is 1.81 bits per heavy atom. The molecule has 0 bridgehead atoms. The Hall–Kier alpha value is -7.94. The summed E-state index contributed by atoms with van der Waals surface area (Å²) in [6, 6.07) is 85.6. The molecule has 0 N–H and O–H groups in total. The van der Waals surface area contributed by atoms with E-state index in [2.05, 4.69) is 223 Å². The molecule has 67 heavy (non-hydrogen) atoms. The van der Waals surface area contributed by atoms with Crippen LogP contribution >= 0.6 is 0 Å². The van der Waals surface area contributed by atoms with Crippen LogP contribution in [0.2, 0.25) is 0 Å². The summed E-state index contributed by atoms with van der Waals surface area (Å²) < 4.78 is 6.22. The van der Waals surface area contributed by atoms with E-state index in [9.17, 15) is 0 Å². The number of para-hydroxylation sites is 1. The molecule has 10 aromatic carbocycles. The van der Waals surface area contributed by atoms with Crippen molar-refractivity contribution >= 4 is 49.8 Å². The number of furan rings is 1. The van der Waals surface area contributed by atoms with Gasteiger partial charge >= 0.3 is 0 Å². The minimum absolute atomic E-state index is 0.537. The molecule has 0 atom stereocenters. The molecular weight excluding hydrogens is 811 g/mol. The third-order valence-corrected chi connectivity index (χ3v) is 14.9. The van der Waals surface area contributed by atoms with Crippen molar-refractivity contribution in [3.05, 3.63) is 258 Å². The summed E-state index contributed by atoms with van der Waals surface area (Å²) in [5.41, 5.74) is 18.9. The first-order chi connectivity index (χ1) is 33.2. The zero-order valence-corrected chi connectivity index (χ0v) is 37.4. The van der Waals surface area contributed by atoms with Crippen molar-refractivity contribution in [2.24, 2.45) is 0 Å². The second-order valence-corrected chi connectivity index (χ2v) is 18.6. The standard InChI is InChI=1S/C65H49NO/c1-5-18-45(19-6-1)54-29-17-30-58-64(54)56-39-38-52(43-59(56)65(58,49-23-9-3-10-24-49)50-25-11-4-12-26-50)66(60-40-34-46-20-13-14-27-53(46)63(60)47-21-7-2-8-22-47)51-36-32-44(33-37-51)48-35-41-62-57(42-48)55-28-15-16-31-61(55)67-62/h2-4,7-17,20-43,45H,1,5-6,18-19H2. The fourth-order valence-corrected chi connectivity index (χ4v) is 11.9. The highest BCUT2D eigenvalue weighted by molar-refractivity contribution is 6.07. The van der Waals surface area contributed by atoms with Crippen LogP contribution in [0, 0.1) is 0 Å². The SMILES string of the molecule is c1ccc(-c2c(N(c3ccc(-c4ccc5oc6ccccc6c5c4)cc3)c3ccc4c(c3)C(c3ccccc3)(c3ccccc3)c3cccc(C5CCCCC5)c3-4)ccc3ccccc23)cc1. The van der Waals surface area contributed by atoms with Crippen LogP contribution in [0.1, 0.15) is 65.8 Å². The lowest BCUT2D eigenvalue weighted by Crippen LogP contribution is -2.29. The summed E-state index contributed by atoms with van der Waals surface area (Å²) in [7, 11) is 0. The molecular formula is C65H49NO. The minimum atomic E-state index is -0.537. The zero-order chi connectivity index (χ0) is 44.3. The second kappa shape index (κ2) is 16.2. The van der Waals surface area contributed by atoms with Gasteiger partial charge in [0, 0.05) is 27.7 Å². The molecule has 1 saturated carbocycles. The number of hydrogen-bond acceptors (Lipinski definition) is 2. The first kappa shape index (κ1) is 39.4. The molecule has 1 aromatic heterocycles. The maximum atomic E-state index is 6.22. The summed E-state index contributed by atoms with van der Waals surface area (Å²) in [4.78, 5) is 2.51. The lowest BCUT2D eigenvalue weighted by atomic mass is 9.67. The Morgan fingerprint density at radius 1 is 0.403 bits per heavy atom. The van der Waals surface area contributed by atoms with Crippen molar-refractivity contribution in [3.8, 4) is 33.4 Å². The predicted octanol–water partition coefficient (Wildman–Crippen LogP) is 18.0. The van der Waals surface area contributed by atoms with Crippen LogP contribution < -0.4 is 4.90 Å². The Morgan fingerprint density at radius 2 is 1.04 bits per heavy atom. The van der Waals surface area contributed by atoms with Gasteiger partial charge < -0.3 is 9.32 Å². The van der Waals surface area contributed by atoms with E-state index >= 15 is 0 Å². The van der Waals surface area contributed by atoms with Gasteiger partial charge in [0.25, 0.3) is 0 Å². The number of nitrogens with zero attached hydrogens (tertiary/aromatic N) is 1. The molecule has 1 heterocycles. The van der Waals surface area contributed by atoms with E-state index in [4.69, 9.17) is 4.42 Å². The fraction of sp³-hybridized carbons (Fsp3) is 0.108. The summed E-state index contributed by atoms with van der Waals surface area (Å²) in [5.74, 6) is 0.549. The van der Waals surface area contributed by atoms with Gasteiger partial charge in [-0.2, -0.15) is 0 Å². The molecule has 2 aliphatic rings. The molecule has 0 amide bonds. The van der Waals surface area contributed by atoms with Crippen molar-refractivity contribution in [1.29, 1.82) is 0 Å². The van der Waals surface area contributed by atoms with Crippen molar-refractivity contribution < 1.29 is 4.42 Å². The molecule has 0 saturated heterocycles. The lowest BCUT2D eigenvalue weighted by molar-refractivity contribution is 0.444. The van der Waals surface area contributed by atoms with Gasteiger partial charge in [0.15, 0.2) is 0 Å². The van der Waals surface area contributed by atoms with E-state index in [0.717, 1.165) is 50.1 Å². The number of fused-ring (bicyclic) bond motifs is 7. The Balaban J connectivity index is 1.06. The van der Waals surface area contributed by atoms with Crippen molar-refractivity contribution in [2.75, 3.05) is 4.90 Å². The molecule has 0 radical (unpaired) electrons. The molecule has 2 aliphatic carbocycles. The maximum Gasteiger partial charge on any atom is 0.135 e. The van der Waals surface area contributed by atoms with E-state index in [-0.39, 0.29) is 0 Å². The summed E-state index contributed by atoms with van der Waals surface area (Å²) >= 11 is 0. The molecule has 0 spiro atoms. The second-order valence-electron chi connectivity index (χ2n) is 18.6. The average molecular weight is 860 g/mol. The average Bonchev–Trinajstić information content (AvgIpc) is 3.93. The maximum absolute atomic E-state index is 6.22. The van der Waals surface area contributed by atoms with Crippen LogP contribution in [0.25, 0.3) is 66.1 Å². The van der Waals surface area contributed by atoms with Crippen LogP contribution in [0.3, 0.4) is 0 Å². The molecule has 2 heteroatoms. The van der Waals surface area contributed by atoms with E-state index < -0.39 is 5.41 Å². The lowest BCUT2D eigenvalue weighted by Gasteiger charge is -2.35. The molecule has 0 unspecified atom stereocenters. The van der Waals surface area contributed by atoms with Gasteiger partial charge in [0.1, 0.15) is 11.2 Å². The molecule has 13 rings (SSSR count). The Bertz CT molecular complexity index is 3560. The van der Waals surface area contributed by atoms with E-state index in [1.54, 1.807) is 0 Å². The highest BCUT2D eigenvalue weighted by Gasteiger charge is 2.47. The number of hydrogen-bond donors (Lipinski definition) is 0. The zero-order valence-electron chi connectivity index (χ0n) is 37.4. The van der Waals surface area contributed by atoms with Crippen LogP contribution in [0.15, 0.2) is 235 Å². The van der Waals surface area contributed by atoms with Crippen LogP contribution in [0.5, 0.6) is 0 Å². The summed E-state index contributed by atoms with van der Waals surface area (Å²) in [6.07, 6.45) is 6.40. The summed E-state index contributed by atoms with van der Waals surface area (Å²) in [5, 5.41) is 4.71. The normalized spacial score (nSPS) is 14.3. The monoisotopic (exact) mass is 859 g/mol. The van der Waals surface area contributed by atoms with Gasteiger partial charge in [0.05, 0.1) is 11.1 Å².